The first kappa shape index (κ1) is 11.7. The molecule has 3 heteroatoms. The van der Waals surface area contributed by atoms with Gasteiger partial charge in [0.05, 0.1) is 6.21 Å². The molecule has 90 valence electrons. The number of hydrogen-bond donors (Lipinski definition) is 1. The minimum atomic E-state index is 1.01. The molecule has 0 aromatic heterocycles. The molecule has 1 N–H and O–H groups in total. The summed E-state index contributed by atoms with van der Waals surface area (Å²) in [6.07, 6.45) is 4.80. The van der Waals surface area contributed by atoms with Gasteiger partial charge in [-0.1, -0.05) is 17.3 Å². The lowest BCUT2D eigenvalue weighted by molar-refractivity contribution is 0.321. The lowest BCUT2D eigenvalue weighted by Gasteiger charge is -2.13. The SMILES string of the molecule is CN(C)c1ccc(C2=C(C=NO)CCC2)cc1. The van der Waals surface area contributed by atoms with E-state index in [9.17, 15) is 0 Å². The Kier molecular flexibility index (Phi) is 3.47. The van der Waals surface area contributed by atoms with Crippen LogP contribution < -0.4 is 4.90 Å². The smallest absolute Gasteiger partial charge is 0.0696 e. The molecule has 2 rings (SSSR count). The molecular weight excluding hydrogens is 212 g/mol. The number of anilines is 1. The first-order chi connectivity index (χ1) is 8.22. The summed E-state index contributed by atoms with van der Waals surface area (Å²) in [5.41, 5.74) is 4.91. The monoisotopic (exact) mass is 230 g/mol. The normalized spacial score (nSPS) is 15.9. The first-order valence-electron chi connectivity index (χ1n) is 5.89. The van der Waals surface area contributed by atoms with E-state index in [1.54, 1.807) is 6.21 Å². The summed E-state index contributed by atoms with van der Waals surface area (Å²) < 4.78 is 0. The number of rotatable bonds is 3. The first-order valence-corrected chi connectivity index (χ1v) is 5.89. The van der Waals surface area contributed by atoms with Crippen LogP contribution in [0.25, 0.3) is 5.57 Å². The summed E-state index contributed by atoms with van der Waals surface area (Å²) in [6, 6.07) is 8.52. The van der Waals surface area contributed by atoms with Crippen molar-refractivity contribution >= 4 is 17.5 Å². The van der Waals surface area contributed by atoms with Crippen LogP contribution in [-0.4, -0.2) is 25.5 Å². The zero-order chi connectivity index (χ0) is 12.3. The highest BCUT2D eigenvalue weighted by atomic mass is 16.4. The zero-order valence-corrected chi connectivity index (χ0v) is 10.3. The van der Waals surface area contributed by atoms with Crippen molar-refractivity contribution in [3.8, 4) is 0 Å². The van der Waals surface area contributed by atoms with E-state index in [-0.39, 0.29) is 0 Å². The minimum Gasteiger partial charge on any atom is -0.411 e. The lowest BCUT2D eigenvalue weighted by atomic mass is 10.0. The molecule has 0 spiro atoms. The molecule has 1 aromatic rings. The number of allylic oxidation sites excluding steroid dienone is 2. The highest BCUT2D eigenvalue weighted by Gasteiger charge is 2.14. The van der Waals surface area contributed by atoms with Crippen LogP contribution in [0.15, 0.2) is 35.0 Å². The fourth-order valence-corrected chi connectivity index (χ4v) is 2.27. The van der Waals surface area contributed by atoms with Gasteiger partial charge in [0.15, 0.2) is 0 Å². The van der Waals surface area contributed by atoms with E-state index in [1.165, 1.54) is 16.8 Å². The Balaban J connectivity index is 2.31. The fourth-order valence-electron chi connectivity index (χ4n) is 2.27. The third-order valence-corrected chi connectivity index (χ3v) is 3.21. The van der Waals surface area contributed by atoms with Crippen molar-refractivity contribution in [2.24, 2.45) is 5.16 Å². The van der Waals surface area contributed by atoms with E-state index in [2.05, 4.69) is 34.3 Å². The van der Waals surface area contributed by atoms with Gasteiger partial charge in [0.1, 0.15) is 0 Å². The van der Waals surface area contributed by atoms with Crippen molar-refractivity contribution in [3.63, 3.8) is 0 Å². The Hall–Kier alpha value is -1.77. The predicted octanol–water partition coefficient (Wildman–Crippen LogP) is 3.15. The molecule has 0 saturated carbocycles. The largest absolute Gasteiger partial charge is 0.411 e. The van der Waals surface area contributed by atoms with Gasteiger partial charge in [-0.15, -0.1) is 0 Å². The molecule has 0 heterocycles. The summed E-state index contributed by atoms with van der Waals surface area (Å²) in [4.78, 5) is 2.09. The van der Waals surface area contributed by atoms with Crippen molar-refractivity contribution < 1.29 is 5.21 Å². The average molecular weight is 230 g/mol. The quantitative estimate of drug-likeness (QED) is 0.492. The molecular formula is C14H18N2O. The van der Waals surface area contributed by atoms with Gasteiger partial charge in [0.25, 0.3) is 0 Å². The van der Waals surface area contributed by atoms with Crippen molar-refractivity contribution in [2.75, 3.05) is 19.0 Å². The molecule has 1 aromatic carbocycles. The maximum atomic E-state index is 8.64. The summed E-state index contributed by atoms with van der Waals surface area (Å²) in [6.45, 7) is 0. The van der Waals surface area contributed by atoms with Crippen LogP contribution in [0.5, 0.6) is 0 Å². The number of oxime groups is 1. The van der Waals surface area contributed by atoms with E-state index >= 15 is 0 Å². The molecule has 0 bridgehead atoms. The van der Waals surface area contributed by atoms with Crippen LogP contribution >= 0.6 is 0 Å². The summed E-state index contributed by atoms with van der Waals surface area (Å²) in [5.74, 6) is 0. The Bertz CT molecular complexity index is 444. The summed E-state index contributed by atoms with van der Waals surface area (Å²) in [5, 5.41) is 11.8. The molecule has 3 nitrogen and oxygen atoms in total. The van der Waals surface area contributed by atoms with Gasteiger partial charge >= 0.3 is 0 Å². The Morgan fingerprint density at radius 3 is 2.47 bits per heavy atom. The standard InChI is InChI=1S/C14H18N2O/c1-16(2)13-8-6-11(7-9-13)14-5-3-4-12(14)10-15-17/h6-10,17H,3-5H2,1-2H3. The molecule has 0 atom stereocenters. The number of nitrogens with zero attached hydrogens (tertiary/aromatic N) is 2. The molecule has 0 aliphatic heterocycles. The van der Waals surface area contributed by atoms with Crippen LogP contribution in [0.1, 0.15) is 24.8 Å². The van der Waals surface area contributed by atoms with Crippen molar-refractivity contribution in [2.45, 2.75) is 19.3 Å². The molecule has 0 unspecified atom stereocenters. The minimum absolute atomic E-state index is 1.01. The number of benzene rings is 1. The van der Waals surface area contributed by atoms with Gasteiger partial charge in [0.2, 0.25) is 0 Å². The van der Waals surface area contributed by atoms with Gasteiger partial charge in [0, 0.05) is 19.8 Å². The van der Waals surface area contributed by atoms with E-state index in [4.69, 9.17) is 5.21 Å². The van der Waals surface area contributed by atoms with Crippen LogP contribution in [-0.2, 0) is 0 Å². The van der Waals surface area contributed by atoms with Crippen molar-refractivity contribution in [1.82, 2.24) is 0 Å². The van der Waals surface area contributed by atoms with Gasteiger partial charge in [-0.2, -0.15) is 0 Å². The second kappa shape index (κ2) is 5.04. The second-order valence-corrected chi connectivity index (χ2v) is 4.54. The Labute approximate surface area is 102 Å². The molecule has 1 aliphatic rings. The highest BCUT2D eigenvalue weighted by molar-refractivity contribution is 5.92. The predicted molar refractivity (Wildman–Crippen MR) is 71.8 cm³/mol. The number of hydrogen-bond acceptors (Lipinski definition) is 3. The third-order valence-electron chi connectivity index (χ3n) is 3.21. The molecule has 0 saturated heterocycles. The van der Waals surface area contributed by atoms with Crippen LogP contribution in [0.2, 0.25) is 0 Å². The van der Waals surface area contributed by atoms with E-state index in [0.29, 0.717) is 0 Å². The van der Waals surface area contributed by atoms with Crippen LogP contribution in [0.3, 0.4) is 0 Å². The van der Waals surface area contributed by atoms with Crippen molar-refractivity contribution in [1.29, 1.82) is 0 Å². The topological polar surface area (TPSA) is 35.8 Å². The molecule has 17 heavy (non-hydrogen) atoms. The van der Waals surface area contributed by atoms with Gasteiger partial charge in [-0.05, 0) is 48.1 Å². The van der Waals surface area contributed by atoms with E-state index < -0.39 is 0 Å². The molecule has 0 amide bonds. The molecule has 1 aliphatic carbocycles. The zero-order valence-electron chi connectivity index (χ0n) is 10.3. The maximum absolute atomic E-state index is 8.64. The van der Waals surface area contributed by atoms with Crippen molar-refractivity contribution in [3.05, 3.63) is 35.4 Å². The fraction of sp³-hybridized carbons (Fsp3) is 0.357. The average Bonchev–Trinajstić information content (AvgIpc) is 2.78. The third kappa shape index (κ3) is 2.49. The second-order valence-electron chi connectivity index (χ2n) is 4.54. The Morgan fingerprint density at radius 1 is 1.18 bits per heavy atom. The highest BCUT2D eigenvalue weighted by Crippen LogP contribution is 2.33. The molecule has 0 fully saturated rings. The summed E-state index contributed by atoms with van der Waals surface area (Å²) >= 11 is 0. The maximum Gasteiger partial charge on any atom is 0.0696 e. The van der Waals surface area contributed by atoms with E-state index in [0.717, 1.165) is 24.8 Å². The lowest BCUT2D eigenvalue weighted by Crippen LogP contribution is -2.08. The van der Waals surface area contributed by atoms with E-state index in [1.807, 2.05) is 14.1 Å². The molecule has 0 radical (unpaired) electrons. The van der Waals surface area contributed by atoms with Gasteiger partial charge in [-0.3, -0.25) is 0 Å². The van der Waals surface area contributed by atoms with Gasteiger partial charge in [-0.25, -0.2) is 0 Å². The van der Waals surface area contributed by atoms with Crippen LogP contribution in [0.4, 0.5) is 5.69 Å². The summed E-state index contributed by atoms with van der Waals surface area (Å²) in [7, 11) is 4.07. The Morgan fingerprint density at radius 2 is 1.88 bits per heavy atom. The van der Waals surface area contributed by atoms with Crippen LogP contribution in [0, 0.1) is 0 Å². The van der Waals surface area contributed by atoms with Gasteiger partial charge < -0.3 is 10.1 Å².